The predicted octanol–water partition coefficient (Wildman–Crippen LogP) is 2.99. The van der Waals surface area contributed by atoms with Crippen LogP contribution in [0.25, 0.3) is 0 Å². The van der Waals surface area contributed by atoms with Gasteiger partial charge in [-0.05, 0) is 24.6 Å². The van der Waals surface area contributed by atoms with Gasteiger partial charge in [-0.15, -0.1) is 0 Å². The average molecular weight is 269 g/mol. The molecule has 0 saturated carbocycles. The van der Waals surface area contributed by atoms with Crippen molar-refractivity contribution in [3.63, 3.8) is 0 Å². The number of ether oxygens (including phenoxy) is 2. The Morgan fingerprint density at radius 2 is 1.95 bits per heavy atom. The zero-order valence-electron chi connectivity index (χ0n) is 11.1. The number of carbonyl (C=O) groups is 1. The second-order valence-electron chi connectivity index (χ2n) is 4.66. The highest BCUT2D eigenvalue weighted by Crippen LogP contribution is 2.38. The summed E-state index contributed by atoms with van der Waals surface area (Å²) in [5.74, 6) is 1.09. The molecule has 0 bridgehead atoms. The number of hydrogen-bond donors (Lipinski definition) is 1. The Bertz CT molecular complexity index is 625. The summed E-state index contributed by atoms with van der Waals surface area (Å²) in [6.45, 7) is 2.18. The van der Waals surface area contributed by atoms with Gasteiger partial charge >= 0.3 is 0 Å². The molecule has 2 aromatic carbocycles. The molecule has 1 aliphatic rings. The SMILES string of the molecule is CC1Oc2c(cccc2OCc2ccccc2)NC1=O. The molecule has 0 radical (unpaired) electrons. The molecule has 0 aliphatic carbocycles. The van der Waals surface area contributed by atoms with Crippen LogP contribution in [0.15, 0.2) is 48.5 Å². The van der Waals surface area contributed by atoms with E-state index in [2.05, 4.69) is 5.32 Å². The molecule has 102 valence electrons. The molecule has 0 saturated heterocycles. The summed E-state index contributed by atoms with van der Waals surface area (Å²) in [6, 6.07) is 15.4. The van der Waals surface area contributed by atoms with Crippen LogP contribution in [0.1, 0.15) is 12.5 Å². The van der Waals surface area contributed by atoms with E-state index >= 15 is 0 Å². The third kappa shape index (κ3) is 2.45. The van der Waals surface area contributed by atoms with E-state index in [4.69, 9.17) is 9.47 Å². The van der Waals surface area contributed by atoms with Gasteiger partial charge < -0.3 is 14.8 Å². The zero-order valence-corrected chi connectivity index (χ0v) is 11.1. The molecule has 4 heteroatoms. The fourth-order valence-electron chi connectivity index (χ4n) is 2.05. The van der Waals surface area contributed by atoms with Gasteiger partial charge in [-0.1, -0.05) is 36.4 Å². The van der Waals surface area contributed by atoms with E-state index in [1.54, 1.807) is 13.0 Å². The van der Waals surface area contributed by atoms with Crippen molar-refractivity contribution in [2.75, 3.05) is 5.32 Å². The Kier molecular flexibility index (Phi) is 3.29. The van der Waals surface area contributed by atoms with E-state index in [9.17, 15) is 4.79 Å². The fourth-order valence-corrected chi connectivity index (χ4v) is 2.05. The van der Waals surface area contributed by atoms with Gasteiger partial charge in [0.15, 0.2) is 17.6 Å². The highest BCUT2D eigenvalue weighted by molar-refractivity contribution is 5.98. The number of anilines is 1. The van der Waals surface area contributed by atoms with Crippen molar-refractivity contribution < 1.29 is 14.3 Å². The van der Waals surface area contributed by atoms with Crippen LogP contribution in [-0.2, 0) is 11.4 Å². The molecule has 1 aliphatic heterocycles. The third-order valence-electron chi connectivity index (χ3n) is 3.14. The minimum atomic E-state index is -0.510. The number of para-hydroxylation sites is 1. The Morgan fingerprint density at radius 3 is 2.75 bits per heavy atom. The number of rotatable bonds is 3. The third-order valence-corrected chi connectivity index (χ3v) is 3.14. The minimum Gasteiger partial charge on any atom is -0.485 e. The highest BCUT2D eigenvalue weighted by atomic mass is 16.5. The molecular weight excluding hydrogens is 254 g/mol. The maximum absolute atomic E-state index is 11.6. The van der Waals surface area contributed by atoms with Crippen LogP contribution in [0.2, 0.25) is 0 Å². The van der Waals surface area contributed by atoms with Gasteiger partial charge in [0.2, 0.25) is 0 Å². The lowest BCUT2D eigenvalue weighted by Gasteiger charge is -2.25. The second kappa shape index (κ2) is 5.25. The number of benzene rings is 2. The standard InChI is InChI=1S/C16H15NO3/c1-11-16(18)17-13-8-5-9-14(15(13)20-11)19-10-12-6-3-2-4-7-12/h2-9,11H,10H2,1H3,(H,17,18). The maximum Gasteiger partial charge on any atom is 0.265 e. The number of hydrogen-bond acceptors (Lipinski definition) is 3. The van der Waals surface area contributed by atoms with Gasteiger partial charge in [-0.3, -0.25) is 4.79 Å². The largest absolute Gasteiger partial charge is 0.485 e. The first kappa shape index (κ1) is 12.5. The van der Waals surface area contributed by atoms with Crippen molar-refractivity contribution in [2.45, 2.75) is 19.6 Å². The van der Waals surface area contributed by atoms with Gasteiger partial charge in [-0.25, -0.2) is 0 Å². The van der Waals surface area contributed by atoms with Crippen molar-refractivity contribution >= 4 is 11.6 Å². The van der Waals surface area contributed by atoms with Gasteiger partial charge in [0.05, 0.1) is 5.69 Å². The van der Waals surface area contributed by atoms with Crippen LogP contribution in [0.3, 0.4) is 0 Å². The molecule has 0 spiro atoms. The Balaban J connectivity index is 1.81. The summed E-state index contributed by atoms with van der Waals surface area (Å²) in [6.07, 6.45) is -0.510. The molecule has 1 atom stereocenters. The van der Waals surface area contributed by atoms with Crippen molar-refractivity contribution in [3.8, 4) is 11.5 Å². The van der Waals surface area contributed by atoms with Crippen molar-refractivity contribution in [1.29, 1.82) is 0 Å². The van der Waals surface area contributed by atoms with E-state index < -0.39 is 6.10 Å². The molecule has 1 N–H and O–H groups in total. The first-order valence-electron chi connectivity index (χ1n) is 6.51. The van der Waals surface area contributed by atoms with Crippen LogP contribution in [0.5, 0.6) is 11.5 Å². The van der Waals surface area contributed by atoms with Gasteiger partial charge in [-0.2, -0.15) is 0 Å². The lowest BCUT2D eigenvalue weighted by atomic mass is 10.2. The summed E-state index contributed by atoms with van der Waals surface area (Å²) >= 11 is 0. The van der Waals surface area contributed by atoms with Crippen molar-refractivity contribution in [3.05, 3.63) is 54.1 Å². The topological polar surface area (TPSA) is 47.6 Å². The van der Waals surface area contributed by atoms with Crippen molar-refractivity contribution in [1.82, 2.24) is 0 Å². The van der Waals surface area contributed by atoms with E-state index in [1.807, 2.05) is 42.5 Å². The summed E-state index contributed by atoms with van der Waals surface area (Å²) < 4.78 is 11.4. The van der Waals surface area contributed by atoms with Gasteiger partial charge in [0, 0.05) is 0 Å². The molecule has 1 amide bonds. The summed E-state index contributed by atoms with van der Waals surface area (Å²) in [5, 5.41) is 2.80. The van der Waals surface area contributed by atoms with E-state index in [0.29, 0.717) is 23.8 Å². The highest BCUT2D eigenvalue weighted by Gasteiger charge is 2.26. The second-order valence-corrected chi connectivity index (χ2v) is 4.66. The molecule has 2 aromatic rings. The number of fused-ring (bicyclic) bond motifs is 1. The molecule has 3 rings (SSSR count). The Labute approximate surface area is 117 Å². The van der Waals surface area contributed by atoms with E-state index in [0.717, 1.165) is 5.56 Å². The number of amides is 1. The van der Waals surface area contributed by atoms with Crippen LogP contribution < -0.4 is 14.8 Å². The first-order valence-corrected chi connectivity index (χ1v) is 6.51. The first-order chi connectivity index (χ1) is 9.74. The monoisotopic (exact) mass is 269 g/mol. The molecule has 0 fully saturated rings. The molecule has 1 unspecified atom stereocenters. The van der Waals surface area contributed by atoms with Crippen molar-refractivity contribution in [2.24, 2.45) is 0 Å². The van der Waals surface area contributed by atoms with Crippen LogP contribution >= 0.6 is 0 Å². The molecule has 4 nitrogen and oxygen atoms in total. The minimum absolute atomic E-state index is 0.141. The van der Waals surface area contributed by atoms with Crippen LogP contribution in [0, 0.1) is 0 Å². The van der Waals surface area contributed by atoms with Gasteiger partial charge in [0.1, 0.15) is 6.61 Å². The average Bonchev–Trinajstić information content (AvgIpc) is 2.47. The molecular formula is C16H15NO3. The summed E-state index contributed by atoms with van der Waals surface area (Å²) in [5.41, 5.74) is 1.73. The maximum atomic E-state index is 11.6. The fraction of sp³-hybridized carbons (Fsp3) is 0.188. The van der Waals surface area contributed by atoms with E-state index in [1.165, 1.54) is 0 Å². The summed E-state index contributed by atoms with van der Waals surface area (Å²) in [7, 11) is 0. The number of nitrogens with one attached hydrogen (secondary N) is 1. The van der Waals surface area contributed by atoms with E-state index in [-0.39, 0.29) is 5.91 Å². The smallest absolute Gasteiger partial charge is 0.265 e. The molecule has 20 heavy (non-hydrogen) atoms. The normalized spacial score (nSPS) is 16.9. The van der Waals surface area contributed by atoms with Crippen LogP contribution in [-0.4, -0.2) is 12.0 Å². The number of carbonyl (C=O) groups excluding carboxylic acids is 1. The van der Waals surface area contributed by atoms with Crippen LogP contribution in [0.4, 0.5) is 5.69 Å². The Hall–Kier alpha value is -2.49. The molecule has 0 aromatic heterocycles. The quantitative estimate of drug-likeness (QED) is 0.931. The Morgan fingerprint density at radius 1 is 1.15 bits per heavy atom. The van der Waals surface area contributed by atoms with Gasteiger partial charge in [0.25, 0.3) is 5.91 Å². The lowest BCUT2D eigenvalue weighted by Crippen LogP contribution is -2.34. The predicted molar refractivity (Wildman–Crippen MR) is 75.9 cm³/mol. The lowest BCUT2D eigenvalue weighted by molar-refractivity contribution is -0.122. The summed E-state index contributed by atoms with van der Waals surface area (Å²) in [4.78, 5) is 11.6. The zero-order chi connectivity index (χ0) is 13.9. The molecule has 1 heterocycles.